The van der Waals surface area contributed by atoms with Crippen LogP contribution in [0.3, 0.4) is 0 Å². The van der Waals surface area contributed by atoms with Crippen LogP contribution in [-0.2, 0) is 0 Å². The maximum atomic E-state index is 11.4. The maximum absolute atomic E-state index is 11.4. The van der Waals surface area contributed by atoms with Crippen LogP contribution in [0.5, 0.6) is 5.75 Å². The Morgan fingerprint density at radius 3 is 2.70 bits per heavy atom. The lowest BCUT2D eigenvalue weighted by molar-refractivity contribution is 0.232. The summed E-state index contributed by atoms with van der Waals surface area (Å²) in [5.41, 5.74) is 1.15. The highest BCUT2D eigenvalue weighted by atomic mass is 16.5. The summed E-state index contributed by atoms with van der Waals surface area (Å²) in [6.45, 7) is 9.45. The number of hydrogen-bond donors (Lipinski definition) is 2. The first kappa shape index (κ1) is 17.1. The highest BCUT2D eigenvalue weighted by Gasteiger charge is 2.19. The monoisotopic (exact) mass is 318 g/mol. The second-order valence-electron chi connectivity index (χ2n) is 5.43. The van der Waals surface area contributed by atoms with Crippen molar-refractivity contribution in [2.24, 2.45) is 0 Å². The van der Waals surface area contributed by atoms with E-state index >= 15 is 0 Å². The van der Waals surface area contributed by atoms with Crippen molar-refractivity contribution >= 4 is 11.7 Å². The molecule has 2 N–H and O–H groups in total. The number of nitrogens with zero attached hydrogens (tertiary/aromatic N) is 2. The van der Waals surface area contributed by atoms with Gasteiger partial charge in [-0.15, -0.1) is 6.58 Å². The summed E-state index contributed by atoms with van der Waals surface area (Å²) < 4.78 is 5.43. The van der Waals surface area contributed by atoms with Crippen LogP contribution in [0, 0.1) is 0 Å². The molecule has 0 unspecified atom stereocenters. The van der Waals surface area contributed by atoms with Gasteiger partial charge in [0.2, 0.25) is 0 Å². The number of anilines is 1. The Balaban J connectivity index is 1.72. The molecule has 0 spiro atoms. The van der Waals surface area contributed by atoms with Crippen LogP contribution in [-0.4, -0.2) is 63.9 Å². The lowest BCUT2D eigenvalue weighted by Crippen LogP contribution is -2.49. The number of carbonyl (C=O) groups is 1. The molecule has 1 heterocycles. The van der Waals surface area contributed by atoms with E-state index in [2.05, 4.69) is 33.1 Å². The predicted molar refractivity (Wildman–Crippen MR) is 93.2 cm³/mol. The summed E-state index contributed by atoms with van der Waals surface area (Å²) in [6, 6.07) is 7.98. The SMILES string of the molecule is C=CCNC(=O)NCCN1CCN(c2ccccc2OC)CC1. The van der Waals surface area contributed by atoms with E-state index in [-0.39, 0.29) is 6.03 Å². The highest BCUT2D eigenvalue weighted by Crippen LogP contribution is 2.28. The molecule has 0 aromatic heterocycles. The Morgan fingerprint density at radius 2 is 2.00 bits per heavy atom. The number of nitrogens with one attached hydrogen (secondary N) is 2. The van der Waals surface area contributed by atoms with Gasteiger partial charge in [0.15, 0.2) is 0 Å². The van der Waals surface area contributed by atoms with Gasteiger partial charge in [-0.1, -0.05) is 18.2 Å². The van der Waals surface area contributed by atoms with E-state index in [1.165, 1.54) is 0 Å². The van der Waals surface area contributed by atoms with Gasteiger partial charge in [0.05, 0.1) is 12.8 Å². The third kappa shape index (κ3) is 5.17. The lowest BCUT2D eigenvalue weighted by Gasteiger charge is -2.36. The van der Waals surface area contributed by atoms with Crippen molar-refractivity contribution in [3.8, 4) is 5.75 Å². The fourth-order valence-corrected chi connectivity index (χ4v) is 2.66. The predicted octanol–water partition coefficient (Wildman–Crippen LogP) is 1.30. The Morgan fingerprint density at radius 1 is 1.26 bits per heavy atom. The molecule has 1 saturated heterocycles. The second kappa shape index (κ2) is 9.05. The molecule has 6 nitrogen and oxygen atoms in total. The van der Waals surface area contributed by atoms with E-state index < -0.39 is 0 Å². The Hall–Kier alpha value is -2.21. The summed E-state index contributed by atoms with van der Waals surface area (Å²) >= 11 is 0. The quantitative estimate of drug-likeness (QED) is 0.744. The van der Waals surface area contributed by atoms with Gasteiger partial charge in [0.1, 0.15) is 5.75 Å². The van der Waals surface area contributed by atoms with Crippen LogP contribution >= 0.6 is 0 Å². The minimum Gasteiger partial charge on any atom is -0.495 e. The molecule has 1 fully saturated rings. The molecule has 1 aliphatic rings. The third-order valence-electron chi connectivity index (χ3n) is 3.92. The summed E-state index contributed by atoms with van der Waals surface area (Å²) in [4.78, 5) is 16.1. The van der Waals surface area contributed by atoms with Crippen LogP contribution in [0.15, 0.2) is 36.9 Å². The number of benzene rings is 1. The molecule has 0 saturated carbocycles. The molecule has 1 aromatic rings. The van der Waals surface area contributed by atoms with Gasteiger partial charge < -0.3 is 20.3 Å². The van der Waals surface area contributed by atoms with Crippen molar-refractivity contribution in [1.82, 2.24) is 15.5 Å². The number of piperazine rings is 1. The zero-order chi connectivity index (χ0) is 16.5. The summed E-state index contributed by atoms with van der Waals surface area (Å²) in [6.07, 6.45) is 1.66. The van der Waals surface area contributed by atoms with E-state index in [0.717, 1.165) is 44.2 Å². The molecule has 6 heteroatoms. The number of hydrogen-bond acceptors (Lipinski definition) is 4. The normalized spacial score (nSPS) is 15.1. The molecule has 1 aliphatic heterocycles. The van der Waals surface area contributed by atoms with Crippen molar-refractivity contribution in [2.45, 2.75) is 0 Å². The minimum absolute atomic E-state index is 0.141. The fourth-order valence-electron chi connectivity index (χ4n) is 2.66. The van der Waals surface area contributed by atoms with Crippen molar-refractivity contribution in [3.05, 3.63) is 36.9 Å². The van der Waals surface area contributed by atoms with E-state index in [9.17, 15) is 4.79 Å². The maximum Gasteiger partial charge on any atom is 0.315 e. The zero-order valence-electron chi connectivity index (χ0n) is 13.8. The van der Waals surface area contributed by atoms with E-state index in [1.54, 1.807) is 13.2 Å². The molecule has 2 amide bonds. The average Bonchev–Trinajstić information content (AvgIpc) is 2.60. The fraction of sp³-hybridized carbons (Fsp3) is 0.471. The van der Waals surface area contributed by atoms with Crippen LogP contribution in [0.1, 0.15) is 0 Å². The molecule has 1 aromatic carbocycles. The van der Waals surface area contributed by atoms with Crippen molar-refractivity contribution in [1.29, 1.82) is 0 Å². The number of rotatable bonds is 7. The topological polar surface area (TPSA) is 56.8 Å². The second-order valence-corrected chi connectivity index (χ2v) is 5.43. The largest absolute Gasteiger partial charge is 0.495 e. The van der Waals surface area contributed by atoms with E-state index in [1.807, 2.05) is 18.2 Å². The smallest absolute Gasteiger partial charge is 0.315 e. The van der Waals surface area contributed by atoms with Crippen molar-refractivity contribution < 1.29 is 9.53 Å². The molecular formula is C17H26N4O2. The first-order valence-corrected chi connectivity index (χ1v) is 7.97. The number of amides is 2. The Bertz CT molecular complexity index is 513. The molecule has 0 bridgehead atoms. The van der Waals surface area contributed by atoms with Crippen LogP contribution in [0.25, 0.3) is 0 Å². The number of ether oxygens (including phenoxy) is 1. The summed E-state index contributed by atoms with van der Waals surface area (Å²) in [7, 11) is 1.71. The summed E-state index contributed by atoms with van der Waals surface area (Å²) in [5.74, 6) is 0.918. The van der Waals surface area contributed by atoms with Crippen molar-refractivity contribution in [2.75, 3.05) is 57.8 Å². The average molecular weight is 318 g/mol. The standard InChI is InChI=1S/C17H26N4O2/c1-3-8-18-17(22)19-9-10-20-11-13-21(14-12-20)15-6-4-5-7-16(15)23-2/h3-7H,1,8-14H2,2H3,(H2,18,19,22). The zero-order valence-corrected chi connectivity index (χ0v) is 13.8. The molecule has 126 valence electrons. The van der Waals surface area contributed by atoms with E-state index in [4.69, 9.17) is 4.74 Å². The van der Waals surface area contributed by atoms with Crippen LogP contribution in [0.4, 0.5) is 10.5 Å². The Kier molecular flexibility index (Phi) is 6.75. The molecule has 23 heavy (non-hydrogen) atoms. The van der Waals surface area contributed by atoms with Gasteiger partial charge >= 0.3 is 6.03 Å². The Labute approximate surface area is 138 Å². The number of carbonyl (C=O) groups excluding carboxylic acids is 1. The van der Waals surface area contributed by atoms with Crippen LogP contribution < -0.4 is 20.3 Å². The molecule has 2 rings (SSSR count). The summed E-state index contributed by atoms with van der Waals surface area (Å²) in [5, 5.41) is 5.56. The van der Waals surface area contributed by atoms with Gasteiger partial charge in [0.25, 0.3) is 0 Å². The molecule has 0 radical (unpaired) electrons. The van der Waals surface area contributed by atoms with Gasteiger partial charge in [-0.05, 0) is 12.1 Å². The van der Waals surface area contributed by atoms with Gasteiger partial charge in [0, 0.05) is 45.8 Å². The third-order valence-corrected chi connectivity index (χ3v) is 3.92. The van der Waals surface area contributed by atoms with Gasteiger partial charge in [-0.2, -0.15) is 0 Å². The first-order chi connectivity index (χ1) is 11.2. The number of para-hydroxylation sites is 2. The van der Waals surface area contributed by atoms with Crippen LogP contribution in [0.2, 0.25) is 0 Å². The number of methoxy groups -OCH3 is 1. The first-order valence-electron chi connectivity index (χ1n) is 7.97. The van der Waals surface area contributed by atoms with E-state index in [0.29, 0.717) is 13.1 Å². The van der Waals surface area contributed by atoms with Gasteiger partial charge in [-0.3, -0.25) is 4.90 Å². The minimum atomic E-state index is -0.141. The molecule has 0 atom stereocenters. The highest BCUT2D eigenvalue weighted by molar-refractivity contribution is 5.73. The lowest BCUT2D eigenvalue weighted by atomic mass is 10.2. The molecule has 0 aliphatic carbocycles. The molecular weight excluding hydrogens is 292 g/mol. The van der Waals surface area contributed by atoms with Crippen molar-refractivity contribution in [3.63, 3.8) is 0 Å². The van der Waals surface area contributed by atoms with Gasteiger partial charge in [-0.25, -0.2) is 4.79 Å². The number of urea groups is 1.